The van der Waals surface area contributed by atoms with E-state index in [4.69, 9.17) is 14.5 Å². The Balaban J connectivity index is 0.946. The molecule has 3 aromatic carbocycles. The Morgan fingerprint density at radius 1 is 0.909 bits per heavy atom. The van der Waals surface area contributed by atoms with Gasteiger partial charge in [-0.15, -0.1) is 6.58 Å². The highest BCUT2D eigenvalue weighted by atomic mass is 32.2. The van der Waals surface area contributed by atoms with Gasteiger partial charge in [-0.3, -0.25) is 28.8 Å². The number of fused-ring (bicyclic) bond motifs is 2. The molecule has 0 spiro atoms. The van der Waals surface area contributed by atoms with Crippen LogP contribution < -0.4 is 46.1 Å². The molecule has 3 unspecified atom stereocenters. The summed E-state index contributed by atoms with van der Waals surface area (Å²) in [6.45, 7) is 7.17. The number of hydrogen-bond donors (Lipinski definition) is 7. The lowest BCUT2D eigenvalue weighted by atomic mass is 10.0. The van der Waals surface area contributed by atoms with Gasteiger partial charge in [0.2, 0.25) is 29.5 Å². The zero-order valence-electron chi connectivity index (χ0n) is 42.8. The van der Waals surface area contributed by atoms with E-state index >= 15 is 0 Å². The lowest BCUT2D eigenvalue weighted by Gasteiger charge is -2.30. The summed E-state index contributed by atoms with van der Waals surface area (Å²) in [5, 5.41) is 17.9. The van der Waals surface area contributed by atoms with Gasteiger partial charge in [-0.05, 0) is 62.4 Å². The summed E-state index contributed by atoms with van der Waals surface area (Å²) in [4.78, 5) is 100. The van der Waals surface area contributed by atoms with Crippen molar-refractivity contribution in [3.8, 4) is 22.8 Å². The van der Waals surface area contributed by atoms with E-state index in [-0.39, 0.29) is 61.3 Å². The molecular weight excluding hydrogens is 1030 g/mol. The average Bonchev–Trinajstić information content (AvgIpc) is 3.82. The molecule has 1 aliphatic carbocycles. The van der Waals surface area contributed by atoms with E-state index in [0.717, 1.165) is 36.7 Å². The van der Waals surface area contributed by atoms with Crippen LogP contribution in [-0.2, 0) is 38.8 Å². The summed E-state index contributed by atoms with van der Waals surface area (Å²) >= 11 is 1.84. The highest BCUT2D eigenvalue weighted by Gasteiger charge is 2.61. The molecule has 3 aliphatic heterocycles. The summed E-state index contributed by atoms with van der Waals surface area (Å²) in [5.41, 5.74) is 0.188. The lowest BCUT2D eigenvalue weighted by Crippen LogP contribution is -2.59. The van der Waals surface area contributed by atoms with Gasteiger partial charge in [0.15, 0.2) is 0 Å². The molecule has 0 bridgehead atoms. The van der Waals surface area contributed by atoms with E-state index in [1.54, 1.807) is 37.4 Å². The standard InChI is InChI=1S/C55H65N9O11S2/c1-4-35-30-55(35,53(70)63-77(72,73)38-19-11-7-12-20-38)62-51(68)44-28-37(75-45-29-40(34-17-9-6-10-18-34)58-41-27-36(74-3)24-25-39(41)45)32-64(44)52(69)42(31-57-47(65)5-2)59-49(67)23-13-8-16-26-56-48(66)22-15-14-21-46-50-43(33-76-46)60-54(71)61-50/h4-7,9-12,17-20,24-25,27,29,35,37,42-44,46,50H,1-2,8,13-16,21-23,26,28,30-33H2,3H3,(H,56,66)(H,57,65)(H,59,67)(H,62,68)(H,63,70)(H2,60,61,71)/t35-,37?,42+,43?,44+,46?,50+,55-/m1/s1. The van der Waals surface area contributed by atoms with Crippen LogP contribution in [0.3, 0.4) is 0 Å². The van der Waals surface area contributed by atoms with Crippen molar-refractivity contribution in [1.82, 2.24) is 46.5 Å². The number of ether oxygens (including phenoxy) is 2. The normalized spacial score (nSPS) is 22.6. The molecule has 8 amide bonds. The van der Waals surface area contributed by atoms with Crippen LogP contribution >= 0.6 is 11.8 Å². The fourth-order valence-corrected chi connectivity index (χ4v) is 12.6. The molecular formula is C55H65N9O11S2. The molecule has 1 saturated carbocycles. The van der Waals surface area contributed by atoms with Crippen molar-refractivity contribution in [3.05, 3.63) is 110 Å². The number of thioether (sulfide) groups is 1. The third-order valence-corrected chi connectivity index (χ3v) is 17.2. The number of pyridine rings is 1. The number of likely N-dealkylation sites (tertiary alicyclic amines) is 1. The van der Waals surface area contributed by atoms with Gasteiger partial charge in [-0.25, -0.2) is 22.9 Å². The second-order valence-electron chi connectivity index (χ2n) is 19.6. The first-order chi connectivity index (χ1) is 37.1. The fourth-order valence-electron chi connectivity index (χ4n) is 10.0. The summed E-state index contributed by atoms with van der Waals surface area (Å²) in [7, 11) is -2.82. The largest absolute Gasteiger partial charge is 0.497 e. The van der Waals surface area contributed by atoms with Gasteiger partial charge in [0.1, 0.15) is 35.2 Å². The maximum atomic E-state index is 14.9. The Morgan fingerprint density at radius 3 is 2.38 bits per heavy atom. The Kier molecular flexibility index (Phi) is 18.2. The van der Waals surface area contributed by atoms with Gasteiger partial charge in [-0.2, -0.15) is 11.8 Å². The summed E-state index contributed by atoms with van der Waals surface area (Å²) in [5.74, 6) is -2.51. The molecule has 3 saturated heterocycles. The van der Waals surface area contributed by atoms with Crippen molar-refractivity contribution < 1.29 is 51.5 Å². The maximum absolute atomic E-state index is 14.9. The van der Waals surface area contributed by atoms with E-state index in [9.17, 15) is 42.0 Å². The van der Waals surface area contributed by atoms with Gasteiger partial charge >= 0.3 is 6.03 Å². The molecule has 8 atom stereocenters. The van der Waals surface area contributed by atoms with E-state index in [2.05, 4.69) is 49.8 Å². The van der Waals surface area contributed by atoms with Crippen molar-refractivity contribution in [2.24, 2.45) is 5.92 Å². The number of carbonyl (C=O) groups is 7. The van der Waals surface area contributed by atoms with Crippen molar-refractivity contribution in [1.29, 1.82) is 0 Å². The summed E-state index contributed by atoms with van der Waals surface area (Å²) < 4.78 is 41.0. The number of urea groups is 1. The highest BCUT2D eigenvalue weighted by molar-refractivity contribution is 8.00. The molecule has 408 valence electrons. The molecule has 4 heterocycles. The van der Waals surface area contributed by atoms with Crippen molar-refractivity contribution in [2.45, 2.75) is 110 Å². The summed E-state index contributed by atoms with van der Waals surface area (Å²) in [6, 6.07) is 21.3. The third kappa shape index (κ3) is 13.8. The van der Waals surface area contributed by atoms with Crippen LogP contribution in [0, 0.1) is 5.92 Å². The van der Waals surface area contributed by atoms with Gasteiger partial charge in [0, 0.05) is 72.4 Å². The van der Waals surface area contributed by atoms with Gasteiger partial charge in [0.05, 0.1) is 41.8 Å². The molecule has 22 heteroatoms. The van der Waals surface area contributed by atoms with Crippen LogP contribution in [0.15, 0.2) is 115 Å². The van der Waals surface area contributed by atoms with Crippen LogP contribution in [0.4, 0.5) is 4.79 Å². The summed E-state index contributed by atoms with van der Waals surface area (Å²) in [6.07, 6.45) is 6.05. The van der Waals surface area contributed by atoms with Crippen LogP contribution in [0.25, 0.3) is 22.2 Å². The van der Waals surface area contributed by atoms with E-state index in [1.807, 2.05) is 42.1 Å². The number of amides is 8. The molecule has 4 fully saturated rings. The van der Waals surface area contributed by atoms with Crippen LogP contribution in [0.1, 0.15) is 64.2 Å². The molecule has 8 rings (SSSR count). The van der Waals surface area contributed by atoms with Gasteiger partial charge < -0.3 is 46.3 Å². The number of rotatable bonds is 26. The van der Waals surface area contributed by atoms with E-state index in [0.29, 0.717) is 65.6 Å². The zero-order chi connectivity index (χ0) is 54.7. The van der Waals surface area contributed by atoms with Crippen molar-refractivity contribution in [2.75, 3.05) is 32.5 Å². The van der Waals surface area contributed by atoms with Crippen LogP contribution in [-0.4, -0.2) is 133 Å². The number of methoxy groups -OCH3 is 1. The first-order valence-electron chi connectivity index (χ1n) is 25.8. The van der Waals surface area contributed by atoms with Gasteiger partial charge in [-0.1, -0.05) is 74.0 Å². The topological polar surface area (TPSA) is 272 Å². The number of nitrogens with one attached hydrogen (secondary N) is 7. The maximum Gasteiger partial charge on any atom is 0.315 e. The third-order valence-electron chi connectivity index (χ3n) is 14.3. The van der Waals surface area contributed by atoms with Crippen molar-refractivity contribution in [3.63, 3.8) is 0 Å². The minimum Gasteiger partial charge on any atom is -0.497 e. The minimum absolute atomic E-state index is 0.00982. The fraction of sp³-hybridized carbons (Fsp3) is 0.418. The molecule has 20 nitrogen and oxygen atoms in total. The average molecular weight is 1090 g/mol. The Bertz CT molecular complexity index is 2990. The lowest BCUT2D eigenvalue weighted by molar-refractivity contribution is -0.142. The SMILES string of the molecule is C=CC(=O)NC[C@H](NC(=O)CCCCCNC(=O)CCCCC1SCC2NC(=O)N[C@@H]21)C(=O)N1CC(Oc2cc(-c3ccccc3)nc3cc(OC)ccc23)C[C@H]1C(=O)N[C@]1(C(=O)NS(=O)(=O)c2ccccc2)C[C@H]1C=C. The first-order valence-corrected chi connectivity index (χ1v) is 28.4. The Morgan fingerprint density at radius 2 is 1.65 bits per heavy atom. The van der Waals surface area contributed by atoms with Crippen LogP contribution in [0.2, 0.25) is 0 Å². The molecule has 1 aromatic heterocycles. The van der Waals surface area contributed by atoms with E-state index < -0.39 is 69.2 Å². The number of aromatic nitrogens is 1. The first kappa shape index (κ1) is 55.8. The second-order valence-corrected chi connectivity index (χ2v) is 22.5. The molecule has 4 aromatic rings. The number of hydrogen-bond acceptors (Lipinski definition) is 13. The quantitative estimate of drug-likeness (QED) is 0.0203. The Labute approximate surface area is 451 Å². The number of carbonyl (C=O) groups excluding carboxylic acids is 7. The predicted octanol–water partition coefficient (Wildman–Crippen LogP) is 4.01. The highest BCUT2D eigenvalue weighted by Crippen LogP contribution is 2.45. The minimum atomic E-state index is -4.36. The molecule has 4 aliphatic rings. The van der Waals surface area contributed by atoms with Crippen LogP contribution in [0.5, 0.6) is 11.5 Å². The molecule has 7 N–H and O–H groups in total. The van der Waals surface area contributed by atoms with Gasteiger partial charge in [0.25, 0.3) is 15.9 Å². The number of nitrogens with zero attached hydrogens (tertiary/aromatic N) is 2. The predicted molar refractivity (Wildman–Crippen MR) is 290 cm³/mol. The number of unbranched alkanes of at least 4 members (excludes halogenated alkanes) is 3. The smallest absolute Gasteiger partial charge is 0.315 e. The number of sulfonamides is 1. The Hall–Kier alpha value is -7.46. The zero-order valence-corrected chi connectivity index (χ0v) is 44.4. The molecule has 0 radical (unpaired) electrons. The second kappa shape index (κ2) is 25.1. The number of benzene rings is 3. The van der Waals surface area contributed by atoms with E-state index in [1.165, 1.54) is 35.2 Å². The monoisotopic (exact) mass is 1090 g/mol. The van der Waals surface area contributed by atoms with Crippen molar-refractivity contribution >= 4 is 74.2 Å². The molecule has 77 heavy (non-hydrogen) atoms.